The highest BCUT2D eigenvalue weighted by molar-refractivity contribution is 7.47. The number of carbonyl (C=O) groups is 2. The SMILES string of the molecule is CCCCCC=CCC=CCC=CCCCCCCC(=O)OCC(COP(=O)(O)OC1C(O)C(O)C(O)C(O)C1O)OC(=O)CCCC=CCC=CCC=CCCCCCCCC. The fourth-order valence-corrected chi connectivity index (χ4v) is 7.63. The summed E-state index contributed by atoms with van der Waals surface area (Å²) in [6, 6.07) is 0. The average molecular weight is 911 g/mol. The number of allylic oxidation sites excluding steroid dienone is 12. The molecule has 0 amide bonds. The molecule has 0 heterocycles. The van der Waals surface area contributed by atoms with Gasteiger partial charge in [-0.25, -0.2) is 4.57 Å². The van der Waals surface area contributed by atoms with Crippen LogP contribution in [0.4, 0.5) is 0 Å². The molecule has 362 valence electrons. The smallest absolute Gasteiger partial charge is 0.462 e. The topological polar surface area (TPSA) is 210 Å². The number of rotatable bonds is 38. The number of carbonyl (C=O) groups excluding carboxylic acids is 2. The highest BCUT2D eigenvalue weighted by Crippen LogP contribution is 2.47. The largest absolute Gasteiger partial charge is 0.472 e. The molecule has 6 atom stereocenters. The molecule has 0 bridgehead atoms. The second kappa shape index (κ2) is 38.5. The van der Waals surface area contributed by atoms with Crippen LogP contribution in [-0.2, 0) is 32.7 Å². The first-order valence-corrected chi connectivity index (χ1v) is 25.2. The molecule has 14 heteroatoms. The maximum absolute atomic E-state index is 12.8. The molecule has 6 N–H and O–H groups in total. The minimum absolute atomic E-state index is 0.0165. The van der Waals surface area contributed by atoms with Gasteiger partial charge < -0.3 is 39.9 Å². The summed E-state index contributed by atoms with van der Waals surface area (Å²) in [6.45, 7) is 3.20. The molecule has 1 rings (SSSR count). The zero-order valence-corrected chi connectivity index (χ0v) is 39.2. The summed E-state index contributed by atoms with van der Waals surface area (Å²) in [5, 5.41) is 50.2. The van der Waals surface area contributed by atoms with E-state index in [-0.39, 0.29) is 12.8 Å². The van der Waals surface area contributed by atoms with Crippen molar-refractivity contribution in [2.75, 3.05) is 13.2 Å². The number of hydrogen-bond acceptors (Lipinski definition) is 12. The lowest BCUT2D eigenvalue weighted by Crippen LogP contribution is -2.64. The van der Waals surface area contributed by atoms with Crippen LogP contribution in [0.5, 0.6) is 0 Å². The van der Waals surface area contributed by atoms with E-state index in [1.807, 2.05) is 12.2 Å². The number of hydrogen-bond donors (Lipinski definition) is 6. The molecule has 63 heavy (non-hydrogen) atoms. The first-order chi connectivity index (χ1) is 30.4. The van der Waals surface area contributed by atoms with Gasteiger partial charge in [0.25, 0.3) is 0 Å². The van der Waals surface area contributed by atoms with Gasteiger partial charge in [0.2, 0.25) is 0 Å². The predicted molar refractivity (Wildman–Crippen MR) is 249 cm³/mol. The lowest BCUT2D eigenvalue weighted by Gasteiger charge is -2.41. The molecule has 1 saturated carbocycles. The number of ether oxygens (including phenoxy) is 2. The third kappa shape index (κ3) is 31.0. The van der Waals surface area contributed by atoms with E-state index >= 15 is 0 Å². The van der Waals surface area contributed by atoms with Crippen molar-refractivity contribution in [2.45, 2.75) is 211 Å². The number of phosphoric ester groups is 1. The van der Waals surface area contributed by atoms with Gasteiger partial charge in [-0.05, 0) is 83.5 Å². The van der Waals surface area contributed by atoms with E-state index in [4.69, 9.17) is 18.5 Å². The van der Waals surface area contributed by atoms with Crippen LogP contribution < -0.4 is 0 Å². The van der Waals surface area contributed by atoms with Gasteiger partial charge in [0.05, 0.1) is 6.61 Å². The highest BCUT2D eigenvalue weighted by Gasteiger charge is 2.51. The Balaban J connectivity index is 2.51. The van der Waals surface area contributed by atoms with Crippen molar-refractivity contribution in [2.24, 2.45) is 0 Å². The Kier molecular flexibility index (Phi) is 35.7. The summed E-state index contributed by atoms with van der Waals surface area (Å²) in [5.74, 6) is -1.19. The van der Waals surface area contributed by atoms with Crippen molar-refractivity contribution < 1.29 is 63.1 Å². The molecular formula is C49H83O13P. The molecule has 1 aliphatic carbocycles. The Hall–Kier alpha value is -2.71. The summed E-state index contributed by atoms with van der Waals surface area (Å²) in [6.07, 6.45) is 35.3. The van der Waals surface area contributed by atoms with Gasteiger partial charge in [-0.1, -0.05) is 145 Å². The van der Waals surface area contributed by atoms with Crippen LogP contribution in [0.1, 0.15) is 168 Å². The summed E-state index contributed by atoms with van der Waals surface area (Å²) >= 11 is 0. The molecule has 13 nitrogen and oxygen atoms in total. The monoisotopic (exact) mass is 911 g/mol. The number of unbranched alkanes of at least 4 members (excludes halogenated alkanes) is 14. The lowest BCUT2D eigenvalue weighted by molar-refractivity contribution is -0.220. The Morgan fingerprint density at radius 3 is 1.38 bits per heavy atom. The lowest BCUT2D eigenvalue weighted by atomic mass is 9.85. The van der Waals surface area contributed by atoms with E-state index < -0.39 is 75.7 Å². The van der Waals surface area contributed by atoms with Crippen molar-refractivity contribution in [3.63, 3.8) is 0 Å². The van der Waals surface area contributed by atoms with Crippen LogP contribution in [0.3, 0.4) is 0 Å². The molecule has 0 saturated heterocycles. The van der Waals surface area contributed by atoms with Gasteiger partial charge in [-0.2, -0.15) is 0 Å². The van der Waals surface area contributed by atoms with Crippen LogP contribution in [-0.4, -0.2) is 98.3 Å². The quantitative estimate of drug-likeness (QED) is 0.0148. The van der Waals surface area contributed by atoms with Crippen LogP contribution in [0.2, 0.25) is 0 Å². The third-order valence-electron chi connectivity index (χ3n) is 10.5. The Morgan fingerprint density at radius 1 is 0.492 bits per heavy atom. The molecule has 0 spiro atoms. The standard InChI is InChI=1S/C49H83O13P/c1-3-5-7-9-11-13-15-17-19-21-23-25-27-29-31-33-35-37-42(50)59-39-41(40-60-63(57,58)62-49-47(55)45(53)44(52)46(54)48(49)56)61-43(51)38-36-34-32-30-28-26-24-22-20-18-16-14-12-10-8-6-4-2/h11,13,17-20,23-26,30,32,41,44-49,52-56H,3-10,12,14-16,21-22,27-29,31,33-40H2,1-2H3,(H,57,58). The molecule has 1 aliphatic rings. The molecular weight excluding hydrogens is 827 g/mol. The second-order valence-corrected chi connectivity index (χ2v) is 17.7. The zero-order valence-electron chi connectivity index (χ0n) is 38.3. The van der Waals surface area contributed by atoms with Crippen molar-refractivity contribution in [1.29, 1.82) is 0 Å². The fourth-order valence-electron chi connectivity index (χ4n) is 6.66. The Morgan fingerprint density at radius 2 is 0.873 bits per heavy atom. The molecule has 0 radical (unpaired) electrons. The third-order valence-corrected chi connectivity index (χ3v) is 11.5. The van der Waals surface area contributed by atoms with E-state index in [1.54, 1.807) is 0 Å². The minimum Gasteiger partial charge on any atom is -0.462 e. The molecule has 0 aliphatic heterocycles. The number of aliphatic hydroxyl groups excluding tert-OH is 5. The van der Waals surface area contributed by atoms with Crippen molar-refractivity contribution in [3.05, 3.63) is 72.9 Å². The predicted octanol–water partition coefficient (Wildman–Crippen LogP) is 9.50. The molecule has 0 aromatic rings. The molecule has 0 aromatic carbocycles. The van der Waals surface area contributed by atoms with E-state index in [1.165, 1.54) is 57.8 Å². The Bertz CT molecular complexity index is 1380. The number of phosphoric acid groups is 1. The maximum Gasteiger partial charge on any atom is 0.472 e. The second-order valence-electron chi connectivity index (χ2n) is 16.3. The van der Waals surface area contributed by atoms with E-state index in [2.05, 4.69) is 74.6 Å². The van der Waals surface area contributed by atoms with Gasteiger partial charge in [-0.15, -0.1) is 0 Å². The zero-order chi connectivity index (χ0) is 46.4. The first-order valence-electron chi connectivity index (χ1n) is 23.7. The van der Waals surface area contributed by atoms with Crippen LogP contribution in [0.25, 0.3) is 0 Å². The average Bonchev–Trinajstić information content (AvgIpc) is 3.26. The fraction of sp³-hybridized carbons (Fsp3) is 0.714. The molecule has 1 fully saturated rings. The summed E-state index contributed by atoms with van der Waals surface area (Å²) in [4.78, 5) is 35.7. The number of esters is 2. The summed E-state index contributed by atoms with van der Waals surface area (Å²) in [5.41, 5.74) is 0. The normalized spacial score (nSPS) is 22.3. The van der Waals surface area contributed by atoms with Crippen LogP contribution in [0.15, 0.2) is 72.9 Å². The Labute approximate surface area is 378 Å². The van der Waals surface area contributed by atoms with Gasteiger partial charge in [0.15, 0.2) is 6.10 Å². The van der Waals surface area contributed by atoms with E-state index in [0.29, 0.717) is 19.3 Å². The summed E-state index contributed by atoms with van der Waals surface area (Å²) < 4.78 is 33.5. The van der Waals surface area contributed by atoms with Gasteiger partial charge in [0, 0.05) is 12.8 Å². The van der Waals surface area contributed by atoms with Crippen molar-refractivity contribution in [1.82, 2.24) is 0 Å². The number of aliphatic hydroxyl groups is 5. The van der Waals surface area contributed by atoms with E-state index in [9.17, 15) is 44.6 Å². The first kappa shape index (κ1) is 58.3. The molecule has 6 unspecified atom stereocenters. The van der Waals surface area contributed by atoms with Gasteiger partial charge in [-0.3, -0.25) is 18.6 Å². The van der Waals surface area contributed by atoms with Crippen molar-refractivity contribution >= 4 is 19.8 Å². The minimum atomic E-state index is -5.14. The highest BCUT2D eigenvalue weighted by atomic mass is 31.2. The van der Waals surface area contributed by atoms with Crippen LogP contribution >= 0.6 is 7.82 Å². The van der Waals surface area contributed by atoms with E-state index in [0.717, 1.165) is 64.2 Å². The maximum atomic E-state index is 12.8. The van der Waals surface area contributed by atoms with Crippen molar-refractivity contribution in [3.8, 4) is 0 Å². The summed E-state index contributed by atoms with van der Waals surface area (Å²) in [7, 11) is -5.14. The van der Waals surface area contributed by atoms with Crippen LogP contribution in [0, 0.1) is 0 Å². The molecule has 0 aromatic heterocycles. The van der Waals surface area contributed by atoms with Gasteiger partial charge >= 0.3 is 19.8 Å². The van der Waals surface area contributed by atoms with Gasteiger partial charge in [0.1, 0.15) is 43.2 Å².